The normalized spacial score (nSPS) is 32.6. The summed E-state index contributed by atoms with van der Waals surface area (Å²) in [6.07, 6.45) is -9.28. The predicted molar refractivity (Wildman–Crippen MR) is 71.4 cm³/mol. The second kappa shape index (κ2) is 7.83. The maximum atomic E-state index is 11.5. The number of aliphatic hydroxyl groups excluding tert-OH is 4. The van der Waals surface area contributed by atoms with Crippen LogP contribution in [-0.4, -0.2) is 96.4 Å². The first-order valence-electron chi connectivity index (χ1n) is 6.81. The number of ether oxygens (including phenoxy) is 1. The molecule has 1 amide bonds. The molecule has 8 N–H and O–H groups in total. The van der Waals surface area contributed by atoms with Crippen LogP contribution in [0.1, 0.15) is 12.8 Å². The van der Waals surface area contributed by atoms with Crippen LogP contribution in [0.15, 0.2) is 0 Å². The zero-order valence-corrected chi connectivity index (χ0v) is 12.3. The number of hydrogen-bond donors (Lipinski definition) is 8. The second-order valence-corrected chi connectivity index (χ2v) is 5.35. The van der Waals surface area contributed by atoms with Gasteiger partial charge in [-0.05, 0) is 0 Å². The molecule has 0 aromatic carbocycles. The van der Waals surface area contributed by atoms with Crippen LogP contribution in [0.2, 0.25) is 0 Å². The number of carbonyl (C=O) groups excluding carboxylic acids is 1. The third kappa shape index (κ3) is 4.59. The summed E-state index contributed by atoms with van der Waals surface area (Å²) in [6.45, 7) is -0.960. The predicted octanol–water partition coefficient (Wildman–Crippen LogP) is -4.42. The quantitative estimate of drug-likeness (QED) is 0.204. The van der Waals surface area contributed by atoms with Gasteiger partial charge in [-0.25, -0.2) is 4.79 Å². The number of nitrogens with one attached hydrogen (secondary N) is 1. The second-order valence-electron chi connectivity index (χ2n) is 5.35. The van der Waals surface area contributed by atoms with Crippen LogP contribution in [0.25, 0.3) is 0 Å². The standard InChI is InChI=1S/C12H19NO11/c14-3-5(16)9(20)10-8(13-6(17)1-7(18)19)4(15)2-12(23,24-10)11(21)22/h4-5,8-10,14-16,20,23H,1-3H2,(H,13,17)(H,18,19)(H,21,22)/t4-,5+,8+,9+,10?,12-/m0/s1. The molecule has 6 atom stereocenters. The molecule has 12 heteroatoms. The smallest absolute Gasteiger partial charge is 0.364 e. The van der Waals surface area contributed by atoms with Crippen molar-refractivity contribution in [3.05, 3.63) is 0 Å². The SMILES string of the molecule is O=C(O)CC(=O)N[C@H]1C([C@H](O)[C@H](O)CO)O[C@](O)(C(=O)O)C[C@@H]1O. The van der Waals surface area contributed by atoms with E-state index in [2.05, 4.69) is 0 Å². The van der Waals surface area contributed by atoms with Crippen molar-refractivity contribution < 1.29 is 54.9 Å². The Kier molecular flexibility index (Phi) is 6.59. The largest absolute Gasteiger partial charge is 0.481 e. The number of rotatable bonds is 7. The molecule has 0 saturated carbocycles. The Morgan fingerprint density at radius 2 is 1.83 bits per heavy atom. The fraction of sp³-hybridized carbons (Fsp3) is 0.750. The highest BCUT2D eigenvalue weighted by molar-refractivity contribution is 5.93. The molecular formula is C12H19NO11. The van der Waals surface area contributed by atoms with Gasteiger partial charge in [-0.3, -0.25) is 9.59 Å². The van der Waals surface area contributed by atoms with E-state index >= 15 is 0 Å². The summed E-state index contributed by atoms with van der Waals surface area (Å²) >= 11 is 0. The zero-order valence-electron chi connectivity index (χ0n) is 12.3. The highest BCUT2D eigenvalue weighted by Gasteiger charge is 2.54. The Balaban J connectivity index is 3.06. The summed E-state index contributed by atoms with van der Waals surface area (Å²) in [7, 11) is 0. The van der Waals surface area contributed by atoms with Gasteiger partial charge >= 0.3 is 11.9 Å². The van der Waals surface area contributed by atoms with Crippen LogP contribution in [0.5, 0.6) is 0 Å². The topological polar surface area (TPSA) is 214 Å². The lowest BCUT2D eigenvalue weighted by Gasteiger charge is -2.44. The van der Waals surface area contributed by atoms with Gasteiger partial charge in [0.25, 0.3) is 5.79 Å². The van der Waals surface area contributed by atoms with E-state index in [1.807, 2.05) is 5.32 Å². The zero-order chi connectivity index (χ0) is 18.7. The molecule has 0 aromatic rings. The number of aliphatic carboxylic acids is 2. The van der Waals surface area contributed by atoms with E-state index in [1.54, 1.807) is 0 Å². The van der Waals surface area contributed by atoms with Gasteiger partial charge < -0.3 is 45.8 Å². The van der Waals surface area contributed by atoms with Crippen LogP contribution in [0.3, 0.4) is 0 Å². The monoisotopic (exact) mass is 353 g/mol. The number of hydrogen-bond acceptors (Lipinski definition) is 9. The van der Waals surface area contributed by atoms with E-state index in [9.17, 15) is 34.8 Å². The molecule has 0 radical (unpaired) electrons. The van der Waals surface area contributed by atoms with E-state index in [4.69, 9.17) is 20.1 Å². The van der Waals surface area contributed by atoms with Crippen LogP contribution in [-0.2, 0) is 19.1 Å². The molecular weight excluding hydrogens is 334 g/mol. The minimum absolute atomic E-state index is 0.890. The van der Waals surface area contributed by atoms with Crippen molar-refractivity contribution in [3.8, 4) is 0 Å². The maximum Gasteiger partial charge on any atom is 0.364 e. The highest BCUT2D eigenvalue weighted by atomic mass is 16.7. The van der Waals surface area contributed by atoms with Crippen molar-refractivity contribution in [2.24, 2.45) is 0 Å². The molecule has 12 nitrogen and oxygen atoms in total. The van der Waals surface area contributed by atoms with Crippen LogP contribution in [0, 0.1) is 0 Å². The van der Waals surface area contributed by atoms with Crippen molar-refractivity contribution in [2.45, 2.75) is 49.1 Å². The van der Waals surface area contributed by atoms with Gasteiger partial charge in [0.15, 0.2) is 0 Å². The van der Waals surface area contributed by atoms with Gasteiger partial charge in [0, 0.05) is 6.42 Å². The lowest BCUT2D eigenvalue weighted by atomic mass is 9.88. The summed E-state index contributed by atoms with van der Waals surface area (Å²) in [5.74, 6) is -7.35. The third-order valence-electron chi connectivity index (χ3n) is 3.48. The van der Waals surface area contributed by atoms with Crippen molar-refractivity contribution >= 4 is 17.8 Å². The fourth-order valence-electron chi connectivity index (χ4n) is 2.28. The van der Waals surface area contributed by atoms with Gasteiger partial charge in [-0.2, -0.15) is 0 Å². The molecule has 0 bridgehead atoms. The molecule has 1 aliphatic heterocycles. The average molecular weight is 353 g/mol. The van der Waals surface area contributed by atoms with Gasteiger partial charge in [0.1, 0.15) is 24.7 Å². The van der Waals surface area contributed by atoms with Crippen molar-refractivity contribution in [2.75, 3.05) is 6.61 Å². The fourth-order valence-corrected chi connectivity index (χ4v) is 2.28. The maximum absolute atomic E-state index is 11.5. The number of carboxylic acid groups (broad SMARTS) is 2. The molecule has 1 rings (SSSR count). The van der Waals surface area contributed by atoms with Crippen molar-refractivity contribution in [1.82, 2.24) is 5.32 Å². The molecule has 138 valence electrons. The first kappa shape index (κ1) is 20.2. The summed E-state index contributed by atoms with van der Waals surface area (Å²) < 4.78 is 4.82. The number of aliphatic hydroxyl groups is 5. The van der Waals surface area contributed by atoms with Gasteiger partial charge in [0.2, 0.25) is 5.91 Å². The lowest BCUT2D eigenvalue weighted by Crippen LogP contribution is -2.67. The molecule has 0 aromatic heterocycles. The van der Waals surface area contributed by atoms with Crippen LogP contribution >= 0.6 is 0 Å². The Morgan fingerprint density at radius 1 is 1.25 bits per heavy atom. The molecule has 24 heavy (non-hydrogen) atoms. The molecule has 1 fully saturated rings. The van der Waals surface area contributed by atoms with E-state index in [0.717, 1.165) is 0 Å². The molecule has 1 aliphatic rings. The number of carboxylic acids is 2. The van der Waals surface area contributed by atoms with E-state index in [-0.39, 0.29) is 0 Å². The first-order chi connectivity index (χ1) is 11.0. The minimum Gasteiger partial charge on any atom is -0.481 e. The molecule has 1 heterocycles. The highest BCUT2D eigenvalue weighted by Crippen LogP contribution is 2.30. The van der Waals surface area contributed by atoms with E-state index < -0.39 is 73.5 Å². The van der Waals surface area contributed by atoms with Crippen LogP contribution < -0.4 is 5.32 Å². The summed E-state index contributed by atoms with van der Waals surface area (Å²) in [5, 5.41) is 67.6. The molecule has 0 aliphatic carbocycles. The first-order valence-corrected chi connectivity index (χ1v) is 6.81. The van der Waals surface area contributed by atoms with Gasteiger partial charge in [0.05, 0.1) is 18.8 Å². The number of carbonyl (C=O) groups is 3. The van der Waals surface area contributed by atoms with Crippen molar-refractivity contribution in [3.63, 3.8) is 0 Å². The molecule has 0 spiro atoms. The third-order valence-corrected chi connectivity index (χ3v) is 3.48. The Hall–Kier alpha value is -1.83. The Bertz CT molecular complexity index is 497. The summed E-state index contributed by atoms with van der Waals surface area (Å²) in [4.78, 5) is 33.1. The molecule has 1 unspecified atom stereocenters. The summed E-state index contributed by atoms with van der Waals surface area (Å²) in [5.41, 5.74) is 0. The Morgan fingerprint density at radius 3 is 2.29 bits per heavy atom. The summed E-state index contributed by atoms with van der Waals surface area (Å²) in [6, 6.07) is -1.53. The van der Waals surface area contributed by atoms with Gasteiger partial charge in [-0.15, -0.1) is 0 Å². The van der Waals surface area contributed by atoms with Crippen molar-refractivity contribution in [1.29, 1.82) is 0 Å². The minimum atomic E-state index is -2.91. The average Bonchev–Trinajstić information content (AvgIpc) is 2.47. The van der Waals surface area contributed by atoms with E-state index in [1.165, 1.54) is 0 Å². The Labute approximate surface area is 134 Å². The van der Waals surface area contributed by atoms with Gasteiger partial charge in [-0.1, -0.05) is 0 Å². The molecule has 1 saturated heterocycles. The van der Waals surface area contributed by atoms with Crippen LogP contribution in [0.4, 0.5) is 0 Å². The number of amides is 1. The lowest BCUT2D eigenvalue weighted by molar-refractivity contribution is -0.295. The van der Waals surface area contributed by atoms with E-state index in [0.29, 0.717) is 0 Å².